The first-order valence-corrected chi connectivity index (χ1v) is 6.06. The van der Waals surface area contributed by atoms with Crippen LogP contribution in [0, 0.1) is 6.92 Å². The van der Waals surface area contributed by atoms with Crippen LogP contribution in [0.5, 0.6) is 0 Å². The van der Waals surface area contributed by atoms with Gasteiger partial charge in [-0.2, -0.15) is 0 Å². The number of benzene rings is 1. The lowest BCUT2D eigenvalue weighted by Gasteiger charge is -2.07. The molecule has 104 valence electrons. The summed E-state index contributed by atoms with van der Waals surface area (Å²) in [5, 5.41) is 0. The van der Waals surface area contributed by atoms with E-state index in [-0.39, 0.29) is 13.2 Å². The van der Waals surface area contributed by atoms with Gasteiger partial charge in [-0.05, 0) is 12.5 Å². The molecule has 0 amide bonds. The number of hydrogen-bond acceptors (Lipinski definition) is 4. The largest absolute Gasteiger partial charge is 0.459 e. The lowest BCUT2D eigenvalue weighted by Crippen LogP contribution is -2.33. The molecule has 0 bridgehead atoms. The highest BCUT2D eigenvalue weighted by Crippen LogP contribution is 2.01. The minimum atomic E-state index is -0.628. The van der Waals surface area contributed by atoms with E-state index in [1.54, 1.807) is 6.92 Å². The number of nitrogens with one attached hydrogen (secondary N) is 1. The summed E-state index contributed by atoms with van der Waals surface area (Å²) in [4.78, 5) is 36.5. The van der Waals surface area contributed by atoms with E-state index in [4.69, 9.17) is 4.74 Å². The fourth-order valence-corrected chi connectivity index (χ4v) is 1.66. The number of rotatable bonds is 4. The average molecular weight is 274 g/mol. The summed E-state index contributed by atoms with van der Waals surface area (Å²) < 4.78 is 6.18. The third kappa shape index (κ3) is 3.44. The Morgan fingerprint density at radius 3 is 2.65 bits per heavy atom. The zero-order valence-corrected chi connectivity index (χ0v) is 11.0. The predicted molar refractivity (Wildman–Crippen MR) is 72.3 cm³/mol. The Labute approximate surface area is 114 Å². The quantitative estimate of drug-likeness (QED) is 0.827. The van der Waals surface area contributed by atoms with Crippen molar-refractivity contribution in [1.82, 2.24) is 9.55 Å². The monoisotopic (exact) mass is 274 g/mol. The first kappa shape index (κ1) is 13.8. The fourth-order valence-electron chi connectivity index (χ4n) is 1.66. The zero-order valence-electron chi connectivity index (χ0n) is 11.0. The Kier molecular flexibility index (Phi) is 4.14. The highest BCUT2D eigenvalue weighted by Gasteiger charge is 2.08. The van der Waals surface area contributed by atoms with Crippen molar-refractivity contribution in [1.29, 1.82) is 0 Å². The van der Waals surface area contributed by atoms with Crippen molar-refractivity contribution >= 4 is 5.97 Å². The number of hydrogen-bond donors (Lipinski definition) is 1. The van der Waals surface area contributed by atoms with Gasteiger partial charge in [0.25, 0.3) is 5.56 Å². The molecule has 0 saturated carbocycles. The first-order valence-electron chi connectivity index (χ1n) is 6.06. The summed E-state index contributed by atoms with van der Waals surface area (Å²) in [6.07, 6.45) is 1.34. The lowest BCUT2D eigenvalue weighted by molar-refractivity contribution is -0.145. The molecule has 0 aliphatic heterocycles. The third-order valence-electron chi connectivity index (χ3n) is 2.73. The average Bonchev–Trinajstić information content (AvgIpc) is 2.44. The molecule has 0 spiro atoms. The Balaban J connectivity index is 2.00. The number of ether oxygens (including phenoxy) is 1. The van der Waals surface area contributed by atoms with E-state index in [1.165, 1.54) is 6.20 Å². The summed E-state index contributed by atoms with van der Waals surface area (Å²) >= 11 is 0. The molecule has 0 fully saturated rings. The van der Waals surface area contributed by atoms with Gasteiger partial charge in [0, 0.05) is 11.8 Å². The van der Waals surface area contributed by atoms with Crippen LogP contribution in [-0.4, -0.2) is 15.5 Å². The summed E-state index contributed by atoms with van der Waals surface area (Å²) in [5.74, 6) is -0.539. The highest BCUT2D eigenvalue weighted by atomic mass is 16.5. The minimum absolute atomic E-state index is 0.150. The molecule has 0 aliphatic carbocycles. The lowest BCUT2D eigenvalue weighted by atomic mass is 10.2. The number of H-pyrrole nitrogens is 1. The first-order chi connectivity index (χ1) is 9.56. The molecule has 6 nitrogen and oxygen atoms in total. The van der Waals surface area contributed by atoms with Gasteiger partial charge in [-0.15, -0.1) is 0 Å². The number of carbonyl (C=O) groups is 1. The number of aromatic amines is 1. The summed E-state index contributed by atoms with van der Waals surface area (Å²) in [6.45, 7) is 1.48. The molecule has 2 rings (SSSR count). The molecule has 1 N–H and O–H groups in total. The maximum Gasteiger partial charge on any atom is 0.328 e. The van der Waals surface area contributed by atoms with Crippen molar-refractivity contribution in [3.05, 3.63) is 68.5 Å². The van der Waals surface area contributed by atoms with Gasteiger partial charge >= 0.3 is 11.7 Å². The van der Waals surface area contributed by atoms with Crippen LogP contribution in [0.1, 0.15) is 11.1 Å². The Bertz CT molecular complexity index is 716. The molecule has 2 aromatic rings. The van der Waals surface area contributed by atoms with Crippen LogP contribution in [0.2, 0.25) is 0 Å². The smallest absolute Gasteiger partial charge is 0.328 e. The molecule has 6 heteroatoms. The van der Waals surface area contributed by atoms with Crippen LogP contribution in [-0.2, 0) is 22.7 Å². The molecule has 0 aliphatic rings. The second-order valence-electron chi connectivity index (χ2n) is 4.35. The maximum atomic E-state index is 11.7. The van der Waals surface area contributed by atoms with Gasteiger partial charge in [0.2, 0.25) is 0 Å². The molecule has 0 saturated heterocycles. The third-order valence-corrected chi connectivity index (χ3v) is 2.73. The molecular weight excluding hydrogens is 260 g/mol. The standard InChI is InChI=1S/C14H14N2O4/c1-10-7-16(14(19)15-13(10)18)8-12(17)20-9-11-5-3-2-4-6-11/h2-7H,8-9H2,1H3,(H,15,18,19). The van der Waals surface area contributed by atoms with Crippen LogP contribution in [0.4, 0.5) is 0 Å². The number of carbonyl (C=O) groups excluding carboxylic acids is 1. The topological polar surface area (TPSA) is 81.2 Å². The van der Waals surface area contributed by atoms with Gasteiger partial charge < -0.3 is 4.74 Å². The van der Waals surface area contributed by atoms with E-state index in [1.807, 2.05) is 30.3 Å². The van der Waals surface area contributed by atoms with Crippen molar-refractivity contribution < 1.29 is 9.53 Å². The van der Waals surface area contributed by atoms with E-state index in [0.717, 1.165) is 10.1 Å². The minimum Gasteiger partial charge on any atom is -0.459 e. The van der Waals surface area contributed by atoms with Crippen LogP contribution in [0.25, 0.3) is 0 Å². The number of esters is 1. The summed E-state index contributed by atoms with van der Waals surface area (Å²) in [7, 11) is 0. The molecule has 20 heavy (non-hydrogen) atoms. The van der Waals surface area contributed by atoms with Crippen LogP contribution in [0.15, 0.2) is 46.1 Å². The predicted octanol–water partition coefficient (Wildman–Crippen LogP) is 0.588. The molecule has 1 aromatic carbocycles. The molecule has 0 atom stereocenters. The number of aryl methyl sites for hydroxylation is 1. The molecule has 1 heterocycles. The number of nitrogens with zero attached hydrogens (tertiary/aromatic N) is 1. The second kappa shape index (κ2) is 6.01. The van der Waals surface area contributed by atoms with Gasteiger partial charge in [0.1, 0.15) is 13.2 Å². The van der Waals surface area contributed by atoms with Gasteiger partial charge in [0.15, 0.2) is 0 Å². The Hall–Kier alpha value is -2.63. The van der Waals surface area contributed by atoms with E-state index >= 15 is 0 Å². The van der Waals surface area contributed by atoms with Crippen LogP contribution in [0.3, 0.4) is 0 Å². The van der Waals surface area contributed by atoms with Gasteiger partial charge in [-0.3, -0.25) is 19.1 Å². The van der Waals surface area contributed by atoms with Crippen molar-refractivity contribution in [2.24, 2.45) is 0 Å². The van der Waals surface area contributed by atoms with Gasteiger partial charge in [-0.1, -0.05) is 30.3 Å². The molecule has 1 aromatic heterocycles. The molecule has 0 unspecified atom stereocenters. The Morgan fingerprint density at radius 1 is 1.25 bits per heavy atom. The molecular formula is C14H14N2O4. The van der Waals surface area contributed by atoms with E-state index < -0.39 is 17.2 Å². The van der Waals surface area contributed by atoms with E-state index in [0.29, 0.717) is 5.56 Å². The summed E-state index contributed by atoms with van der Waals surface area (Å²) in [5.41, 5.74) is 0.146. The van der Waals surface area contributed by atoms with Crippen LogP contribution >= 0.6 is 0 Å². The molecule has 0 radical (unpaired) electrons. The van der Waals surface area contributed by atoms with Crippen molar-refractivity contribution in [3.8, 4) is 0 Å². The van der Waals surface area contributed by atoms with Gasteiger partial charge in [0.05, 0.1) is 0 Å². The SMILES string of the molecule is Cc1cn(CC(=O)OCc2ccccc2)c(=O)[nH]c1=O. The van der Waals surface area contributed by atoms with E-state index in [2.05, 4.69) is 4.98 Å². The van der Waals surface area contributed by atoms with Crippen molar-refractivity contribution in [2.75, 3.05) is 0 Å². The maximum absolute atomic E-state index is 11.7. The van der Waals surface area contributed by atoms with Crippen molar-refractivity contribution in [3.63, 3.8) is 0 Å². The fraction of sp³-hybridized carbons (Fsp3) is 0.214. The normalized spacial score (nSPS) is 10.2. The van der Waals surface area contributed by atoms with E-state index in [9.17, 15) is 14.4 Å². The van der Waals surface area contributed by atoms with Crippen molar-refractivity contribution in [2.45, 2.75) is 20.1 Å². The summed E-state index contributed by atoms with van der Waals surface area (Å²) in [6, 6.07) is 9.24. The highest BCUT2D eigenvalue weighted by molar-refractivity contribution is 5.69. The number of aromatic nitrogens is 2. The zero-order chi connectivity index (χ0) is 14.5. The van der Waals surface area contributed by atoms with Gasteiger partial charge in [-0.25, -0.2) is 4.79 Å². The second-order valence-corrected chi connectivity index (χ2v) is 4.35. The Morgan fingerprint density at radius 2 is 1.95 bits per heavy atom. The van der Waals surface area contributed by atoms with Crippen LogP contribution < -0.4 is 11.2 Å².